The van der Waals surface area contributed by atoms with Crippen LogP contribution in [0.15, 0.2) is 0 Å². The van der Waals surface area contributed by atoms with Gasteiger partial charge < -0.3 is 29.9 Å². The number of amides is 1. The maximum Gasteiger partial charge on any atom is 0.323 e. The number of primary amides is 1. The molecule has 1 amide bonds. The molecule has 0 saturated carbocycles. The van der Waals surface area contributed by atoms with E-state index in [1.54, 1.807) is 11.9 Å². The molecule has 0 unspecified atom stereocenters. The lowest BCUT2D eigenvalue weighted by Crippen LogP contribution is -2.45. The van der Waals surface area contributed by atoms with Crippen molar-refractivity contribution in [2.24, 2.45) is 5.73 Å². The molecular formula is C17H32BN7O3. The van der Waals surface area contributed by atoms with Gasteiger partial charge in [0.15, 0.2) is 0 Å². The molecule has 0 spiro atoms. The van der Waals surface area contributed by atoms with Crippen molar-refractivity contribution in [3.05, 3.63) is 0 Å². The van der Waals surface area contributed by atoms with Crippen molar-refractivity contribution < 1.29 is 14.3 Å². The second-order valence-electron chi connectivity index (χ2n) is 7.47. The van der Waals surface area contributed by atoms with Crippen LogP contribution in [0.25, 0.3) is 0 Å². The Morgan fingerprint density at radius 2 is 1.86 bits per heavy atom. The Hall–Kier alpha value is -2.14. The van der Waals surface area contributed by atoms with Crippen LogP contribution in [-0.4, -0.2) is 99.1 Å². The number of aromatic nitrogens is 3. The average Bonchev–Trinajstić information content (AvgIpc) is 2.64. The zero-order valence-electron chi connectivity index (χ0n) is 17.4. The molecule has 1 aliphatic rings. The number of piperazine rings is 1. The lowest BCUT2D eigenvalue weighted by molar-refractivity contribution is -0.116. The highest BCUT2D eigenvalue weighted by molar-refractivity contribution is 6.55. The van der Waals surface area contributed by atoms with E-state index in [-0.39, 0.29) is 12.6 Å². The highest BCUT2D eigenvalue weighted by atomic mass is 16.5. The highest BCUT2D eigenvalue weighted by Gasteiger charge is 2.20. The van der Waals surface area contributed by atoms with Crippen LogP contribution in [0, 0.1) is 0 Å². The summed E-state index contributed by atoms with van der Waals surface area (Å²) in [7, 11) is 3.80. The van der Waals surface area contributed by atoms with Gasteiger partial charge in [0.25, 0.3) is 0 Å². The third kappa shape index (κ3) is 7.47. The Balaban J connectivity index is 2.03. The maximum absolute atomic E-state index is 11.3. The van der Waals surface area contributed by atoms with Gasteiger partial charge in [-0.3, -0.25) is 4.79 Å². The third-order valence-corrected chi connectivity index (χ3v) is 4.41. The Labute approximate surface area is 167 Å². The van der Waals surface area contributed by atoms with Gasteiger partial charge in [0, 0.05) is 39.8 Å². The minimum Gasteiger partial charge on any atom is -0.461 e. The maximum atomic E-state index is 11.3. The number of carbonyl (C=O) groups excluding carboxylic acids is 1. The number of hydrogen-bond donors (Lipinski definition) is 1. The van der Waals surface area contributed by atoms with Gasteiger partial charge in [-0.05, 0) is 7.05 Å². The molecule has 10 nitrogen and oxygen atoms in total. The van der Waals surface area contributed by atoms with E-state index in [9.17, 15) is 4.79 Å². The van der Waals surface area contributed by atoms with E-state index < -0.39 is 5.91 Å². The van der Waals surface area contributed by atoms with Gasteiger partial charge in [-0.15, -0.1) is 0 Å². The molecule has 1 fully saturated rings. The Bertz CT molecular complexity index is 627. The summed E-state index contributed by atoms with van der Waals surface area (Å²) in [5, 5.41) is 0. The predicted molar refractivity (Wildman–Crippen MR) is 111 cm³/mol. The zero-order chi connectivity index (χ0) is 20.5. The Morgan fingerprint density at radius 3 is 2.50 bits per heavy atom. The highest BCUT2D eigenvalue weighted by Crippen LogP contribution is 2.18. The summed E-state index contributed by atoms with van der Waals surface area (Å²) in [5.74, 6) is 0.452. The van der Waals surface area contributed by atoms with Crippen LogP contribution in [-0.2, 0) is 9.53 Å². The van der Waals surface area contributed by atoms with Gasteiger partial charge in [-0.1, -0.05) is 20.0 Å². The lowest BCUT2D eigenvalue weighted by Gasteiger charge is -2.32. The van der Waals surface area contributed by atoms with Crippen molar-refractivity contribution in [1.29, 1.82) is 0 Å². The van der Waals surface area contributed by atoms with Crippen LogP contribution in [0.5, 0.6) is 6.01 Å². The first kappa shape index (κ1) is 22.2. The second kappa shape index (κ2) is 11.0. The monoisotopic (exact) mass is 393 g/mol. The minimum atomic E-state index is -0.454. The number of hydrogen-bond acceptors (Lipinski definition) is 9. The van der Waals surface area contributed by atoms with Crippen molar-refractivity contribution in [2.45, 2.75) is 20.0 Å². The third-order valence-electron chi connectivity index (χ3n) is 4.41. The number of likely N-dealkylation sites (N-methyl/N-ethyl adjacent to an activating group) is 2. The van der Waals surface area contributed by atoms with Crippen LogP contribution < -0.4 is 20.3 Å². The first-order chi connectivity index (χ1) is 13.3. The topological polar surface area (TPSA) is 110 Å². The SMILES string of the molecule is CB(C)CCOCCOc1nc(N(C)CC(N)=O)nc(N2CCN(C)CC2)n1. The average molecular weight is 393 g/mol. The molecule has 0 atom stereocenters. The summed E-state index contributed by atoms with van der Waals surface area (Å²) in [6, 6.07) is 0.225. The summed E-state index contributed by atoms with van der Waals surface area (Å²) < 4.78 is 11.3. The van der Waals surface area contributed by atoms with Crippen LogP contribution >= 0.6 is 0 Å². The normalized spacial score (nSPS) is 14.8. The molecule has 156 valence electrons. The smallest absolute Gasteiger partial charge is 0.323 e. The second-order valence-corrected chi connectivity index (χ2v) is 7.47. The summed E-state index contributed by atoms with van der Waals surface area (Å²) in [6.07, 6.45) is 1.02. The number of ether oxygens (including phenoxy) is 2. The van der Waals surface area contributed by atoms with E-state index in [2.05, 4.69) is 45.4 Å². The van der Waals surface area contributed by atoms with Crippen molar-refractivity contribution >= 4 is 24.5 Å². The number of nitrogens with two attached hydrogens (primary N) is 1. The van der Waals surface area contributed by atoms with Gasteiger partial charge in [-0.25, -0.2) is 0 Å². The quantitative estimate of drug-likeness (QED) is 0.400. The molecule has 2 heterocycles. The van der Waals surface area contributed by atoms with Crippen molar-refractivity contribution in [3.63, 3.8) is 0 Å². The van der Waals surface area contributed by atoms with E-state index in [1.807, 2.05) is 0 Å². The molecule has 0 aromatic carbocycles. The molecule has 0 bridgehead atoms. The van der Waals surface area contributed by atoms with Crippen LogP contribution in [0.2, 0.25) is 20.0 Å². The predicted octanol–water partition coefficient (Wildman–Crippen LogP) is -0.305. The first-order valence-electron chi connectivity index (χ1n) is 9.74. The fraction of sp³-hybridized carbons (Fsp3) is 0.765. The van der Waals surface area contributed by atoms with E-state index in [4.69, 9.17) is 15.2 Å². The molecule has 11 heteroatoms. The number of carbonyl (C=O) groups is 1. The molecule has 1 aromatic heterocycles. The van der Waals surface area contributed by atoms with E-state index in [1.165, 1.54) is 0 Å². The summed E-state index contributed by atoms with van der Waals surface area (Å²) in [5.41, 5.74) is 5.30. The van der Waals surface area contributed by atoms with Crippen molar-refractivity contribution in [2.75, 3.05) is 76.4 Å². The summed E-state index contributed by atoms with van der Waals surface area (Å²) in [6.45, 7) is 9.96. The van der Waals surface area contributed by atoms with Crippen molar-refractivity contribution in [1.82, 2.24) is 19.9 Å². The summed E-state index contributed by atoms with van der Waals surface area (Å²) >= 11 is 0. The number of nitrogens with zero attached hydrogens (tertiary/aromatic N) is 6. The largest absolute Gasteiger partial charge is 0.461 e. The molecule has 0 radical (unpaired) electrons. The van der Waals surface area contributed by atoms with E-state index >= 15 is 0 Å². The molecule has 0 aliphatic carbocycles. The van der Waals surface area contributed by atoms with Gasteiger partial charge in [0.2, 0.25) is 17.8 Å². The molecule has 1 saturated heterocycles. The molecular weight excluding hydrogens is 361 g/mol. The fourth-order valence-electron chi connectivity index (χ4n) is 2.64. The van der Waals surface area contributed by atoms with E-state index in [0.717, 1.165) is 32.5 Å². The first-order valence-corrected chi connectivity index (χ1v) is 9.74. The minimum absolute atomic E-state index is 0.0178. The Morgan fingerprint density at radius 1 is 1.14 bits per heavy atom. The molecule has 2 N–H and O–H groups in total. The number of anilines is 2. The molecule has 2 rings (SSSR count). The van der Waals surface area contributed by atoms with E-state index in [0.29, 0.717) is 38.4 Å². The van der Waals surface area contributed by atoms with Gasteiger partial charge in [-0.2, -0.15) is 15.0 Å². The van der Waals surface area contributed by atoms with Crippen LogP contribution in [0.1, 0.15) is 0 Å². The van der Waals surface area contributed by atoms with Gasteiger partial charge in [0.1, 0.15) is 13.3 Å². The van der Waals surface area contributed by atoms with Crippen LogP contribution in [0.3, 0.4) is 0 Å². The lowest BCUT2D eigenvalue weighted by atomic mass is 9.52. The van der Waals surface area contributed by atoms with Crippen molar-refractivity contribution in [3.8, 4) is 6.01 Å². The van der Waals surface area contributed by atoms with Gasteiger partial charge in [0.05, 0.1) is 13.2 Å². The summed E-state index contributed by atoms with van der Waals surface area (Å²) in [4.78, 5) is 30.5. The Kier molecular flexibility index (Phi) is 8.71. The standard InChI is InChI=1S/C17H32BN7O3/c1-18(2)5-10-27-11-12-28-17-21-15(24(4)13-14(19)26)20-16(22-17)25-8-6-23(3)7-9-25/h5-13H2,1-4H3,(H2,19,26). The van der Waals surface area contributed by atoms with Crippen LogP contribution in [0.4, 0.5) is 11.9 Å². The zero-order valence-corrected chi connectivity index (χ0v) is 17.4. The van der Waals surface area contributed by atoms with Gasteiger partial charge >= 0.3 is 6.01 Å². The fourth-order valence-corrected chi connectivity index (χ4v) is 2.64. The number of rotatable bonds is 11. The molecule has 1 aliphatic heterocycles. The molecule has 28 heavy (non-hydrogen) atoms. The molecule has 1 aromatic rings.